The van der Waals surface area contributed by atoms with Crippen LogP contribution in [0.1, 0.15) is 45.4 Å². The molecule has 86 valence electrons. The minimum absolute atomic E-state index is 0.0465. The topological polar surface area (TPSA) is 38.0 Å². The number of nitrogens with zero attached hydrogens (tertiary/aromatic N) is 2. The van der Waals surface area contributed by atoms with Crippen molar-refractivity contribution in [1.29, 1.82) is 0 Å². The molecule has 0 aliphatic heterocycles. The minimum Gasteiger partial charge on any atom is -0.391 e. The Morgan fingerprint density at radius 1 is 1.40 bits per heavy atom. The van der Waals surface area contributed by atoms with Crippen molar-refractivity contribution >= 4 is 11.6 Å². The summed E-state index contributed by atoms with van der Waals surface area (Å²) in [5.74, 6) is 0. The Kier molecular flexibility index (Phi) is 3.79. The molecule has 1 rings (SSSR count). The molecule has 0 saturated carbocycles. The maximum atomic E-state index is 9.31. The summed E-state index contributed by atoms with van der Waals surface area (Å²) in [7, 11) is 0. The van der Waals surface area contributed by atoms with Gasteiger partial charge in [-0.25, -0.2) is 0 Å². The van der Waals surface area contributed by atoms with Gasteiger partial charge in [0.15, 0.2) is 0 Å². The van der Waals surface area contributed by atoms with Crippen LogP contribution in [0.25, 0.3) is 0 Å². The van der Waals surface area contributed by atoms with Crippen molar-refractivity contribution in [3.8, 4) is 0 Å². The number of rotatable bonds is 3. The van der Waals surface area contributed by atoms with Crippen LogP contribution in [0.5, 0.6) is 0 Å². The smallest absolute Gasteiger partial charge is 0.132 e. The molecule has 0 radical (unpaired) electrons. The van der Waals surface area contributed by atoms with Gasteiger partial charge in [-0.15, -0.1) is 0 Å². The van der Waals surface area contributed by atoms with Gasteiger partial charge in [0, 0.05) is 17.5 Å². The molecule has 0 saturated heterocycles. The number of aromatic nitrogens is 2. The zero-order valence-corrected chi connectivity index (χ0v) is 10.6. The van der Waals surface area contributed by atoms with E-state index in [2.05, 4.69) is 32.8 Å². The summed E-state index contributed by atoms with van der Waals surface area (Å²) >= 11 is 6.15. The summed E-state index contributed by atoms with van der Waals surface area (Å²) in [4.78, 5) is 0. The Balaban J connectivity index is 3.22. The molecule has 4 heteroatoms. The molecular weight excluding hydrogens is 212 g/mol. The van der Waals surface area contributed by atoms with E-state index in [4.69, 9.17) is 11.6 Å². The zero-order valence-electron chi connectivity index (χ0n) is 9.84. The Hall–Kier alpha value is -0.540. The quantitative estimate of drug-likeness (QED) is 0.867. The van der Waals surface area contributed by atoms with Gasteiger partial charge < -0.3 is 5.11 Å². The van der Waals surface area contributed by atoms with Gasteiger partial charge in [-0.3, -0.25) is 4.68 Å². The van der Waals surface area contributed by atoms with Crippen molar-refractivity contribution in [3.05, 3.63) is 16.4 Å². The number of aliphatic hydroxyl groups excluding tert-OH is 1. The molecule has 0 spiro atoms. The van der Waals surface area contributed by atoms with E-state index in [0.717, 1.165) is 24.2 Å². The van der Waals surface area contributed by atoms with E-state index in [-0.39, 0.29) is 12.0 Å². The molecule has 0 atom stereocenters. The number of aryl methyl sites for hydroxylation is 1. The van der Waals surface area contributed by atoms with Crippen molar-refractivity contribution in [2.45, 2.75) is 52.7 Å². The van der Waals surface area contributed by atoms with Crippen LogP contribution in [0.15, 0.2) is 0 Å². The molecule has 1 aromatic rings. The lowest BCUT2D eigenvalue weighted by Gasteiger charge is -2.16. The summed E-state index contributed by atoms with van der Waals surface area (Å²) in [6.07, 6.45) is 0.982. The average molecular weight is 231 g/mol. The van der Waals surface area contributed by atoms with Crippen LogP contribution in [-0.2, 0) is 18.6 Å². The normalized spacial score (nSPS) is 12.1. The average Bonchev–Trinajstić information content (AvgIpc) is 2.44. The van der Waals surface area contributed by atoms with Gasteiger partial charge in [0.05, 0.1) is 12.3 Å². The third-order valence-electron chi connectivity index (χ3n) is 2.29. The first kappa shape index (κ1) is 12.5. The lowest BCUT2D eigenvalue weighted by atomic mass is 9.90. The van der Waals surface area contributed by atoms with Crippen molar-refractivity contribution < 1.29 is 5.11 Å². The standard InChI is InChI=1S/C11H19ClN2O/c1-5-6-14-10(12)8(7-15)9(13-14)11(2,3)4/h15H,5-7H2,1-4H3. The van der Waals surface area contributed by atoms with Crippen LogP contribution in [0, 0.1) is 0 Å². The highest BCUT2D eigenvalue weighted by atomic mass is 35.5. The Morgan fingerprint density at radius 2 is 2.00 bits per heavy atom. The largest absolute Gasteiger partial charge is 0.391 e. The first-order valence-corrected chi connectivity index (χ1v) is 5.66. The maximum absolute atomic E-state index is 9.31. The lowest BCUT2D eigenvalue weighted by molar-refractivity contribution is 0.278. The summed E-state index contributed by atoms with van der Waals surface area (Å²) < 4.78 is 1.77. The van der Waals surface area contributed by atoms with Gasteiger partial charge in [0.1, 0.15) is 5.15 Å². The van der Waals surface area contributed by atoms with Crippen LogP contribution in [0.4, 0.5) is 0 Å². The molecule has 0 amide bonds. The molecule has 1 aromatic heterocycles. The molecule has 0 bridgehead atoms. The first-order chi connectivity index (χ1) is 6.91. The van der Waals surface area contributed by atoms with Crippen molar-refractivity contribution in [1.82, 2.24) is 9.78 Å². The van der Waals surface area contributed by atoms with E-state index in [1.54, 1.807) is 4.68 Å². The van der Waals surface area contributed by atoms with Crippen molar-refractivity contribution in [3.63, 3.8) is 0 Å². The van der Waals surface area contributed by atoms with Crippen molar-refractivity contribution in [2.75, 3.05) is 0 Å². The molecule has 3 nitrogen and oxygen atoms in total. The second-order valence-electron chi connectivity index (χ2n) is 4.75. The van der Waals surface area contributed by atoms with E-state index in [1.165, 1.54) is 0 Å². The summed E-state index contributed by atoms with van der Waals surface area (Å²) in [6, 6.07) is 0. The van der Waals surface area contributed by atoms with Crippen LogP contribution in [0.3, 0.4) is 0 Å². The van der Waals surface area contributed by atoms with Crippen LogP contribution >= 0.6 is 11.6 Å². The molecular formula is C11H19ClN2O. The third kappa shape index (κ3) is 2.52. The third-order valence-corrected chi connectivity index (χ3v) is 2.71. The van der Waals surface area contributed by atoms with E-state index in [9.17, 15) is 5.11 Å². The maximum Gasteiger partial charge on any atom is 0.132 e. The second-order valence-corrected chi connectivity index (χ2v) is 5.11. The fourth-order valence-electron chi connectivity index (χ4n) is 1.58. The molecule has 1 N–H and O–H groups in total. The molecule has 0 aliphatic rings. The highest BCUT2D eigenvalue weighted by molar-refractivity contribution is 6.30. The van der Waals surface area contributed by atoms with Gasteiger partial charge in [-0.2, -0.15) is 5.10 Å². The minimum atomic E-state index is -0.0826. The molecule has 15 heavy (non-hydrogen) atoms. The van der Waals surface area contributed by atoms with E-state index >= 15 is 0 Å². The number of halogens is 1. The summed E-state index contributed by atoms with van der Waals surface area (Å²) in [6.45, 7) is 9.04. The zero-order chi connectivity index (χ0) is 11.6. The van der Waals surface area contributed by atoms with Crippen molar-refractivity contribution in [2.24, 2.45) is 0 Å². The highest BCUT2D eigenvalue weighted by Gasteiger charge is 2.25. The summed E-state index contributed by atoms with van der Waals surface area (Å²) in [5.41, 5.74) is 1.57. The Labute approximate surface area is 96.1 Å². The first-order valence-electron chi connectivity index (χ1n) is 5.28. The monoisotopic (exact) mass is 230 g/mol. The second kappa shape index (κ2) is 4.54. The summed E-state index contributed by atoms with van der Waals surface area (Å²) in [5, 5.41) is 14.3. The van der Waals surface area contributed by atoms with Crippen LogP contribution in [-0.4, -0.2) is 14.9 Å². The predicted octanol–water partition coefficient (Wildman–Crippen LogP) is 2.74. The predicted molar refractivity (Wildman–Crippen MR) is 62.2 cm³/mol. The van der Waals surface area contributed by atoms with E-state index in [1.807, 2.05) is 0 Å². The SMILES string of the molecule is CCCn1nc(C(C)(C)C)c(CO)c1Cl. The molecule has 1 heterocycles. The van der Waals surface area contributed by atoms with Gasteiger partial charge in [-0.05, 0) is 6.42 Å². The van der Waals surface area contributed by atoms with Crippen LogP contribution in [0.2, 0.25) is 5.15 Å². The molecule has 0 fully saturated rings. The van der Waals surface area contributed by atoms with Crippen LogP contribution < -0.4 is 0 Å². The molecule has 0 unspecified atom stereocenters. The highest BCUT2D eigenvalue weighted by Crippen LogP contribution is 2.29. The number of aliphatic hydroxyl groups is 1. The van der Waals surface area contributed by atoms with Gasteiger partial charge in [-0.1, -0.05) is 39.3 Å². The lowest BCUT2D eigenvalue weighted by Crippen LogP contribution is -2.15. The fourth-order valence-corrected chi connectivity index (χ4v) is 1.85. The van der Waals surface area contributed by atoms with Gasteiger partial charge >= 0.3 is 0 Å². The molecule has 0 aliphatic carbocycles. The van der Waals surface area contributed by atoms with Gasteiger partial charge in [0.2, 0.25) is 0 Å². The van der Waals surface area contributed by atoms with E-state index in [0.29, 0.717) is 5.15 Å². The molecule has 0 aromatic carbocycles. The Bertz CT molecular complexity index is 339. The van der Waals surface area contributed by atoms with E-state index < -0.39 is 0 Å². The number of hydrogen-bond acceptors (Lipinski definition) is 2. The number of hydrogen-bond donors (Lipinski definition) is 1. The fraction of sp³-hybridized carbons (Fsp3) is 0.727. The van der Waals surface area contributed by atoms with Gasteiger partial charge in [0.25, 0.3) is 0 Å². The Morgan fingerprint density at radius 3 is 2.33 bits per heavy atom.